The van der Waals surface area contributed by atoms with E-state index in [4.69, 9.17) is 4.74 Å². The minimum atomic E-state index is -0.0264. The molecule has 2 rings (SSSR count). The summed E-state index contributed by atoms with van der Waals surface area (Å²) in [4.78, 5) is 11.6. The van der Waals surface area contributed by atoms with Crippen LogP contribution < -0.4 is 0 Å². The maximum absolute atomic E-state index is 11.6. The summed E-state index contributed by atoms with van der Waals surface area (Å²) in [5, 5.41) is 0. The second-order valence-electron chi connectivity index (χ2n) is 6.37. The molecule has 2 heteroatoms. The van der Waals surface area contributed by atoms with E-state index in [1.165, 1.54) is 38.5 Å². The molecule has 2 aliphatic rings. The Balaban J connectivity index is 1.95. The van der Waals surface area contributed by atoms with Crippen LogP contribution in [0.3, 0.4) is 0 Å². The zero-order chi connectivity index (χ0) is 13.2. The minimum absolute atomic E-state index is 0.0264. The van der Waals surface area contributed by atoms with Crippen LogP contribution in [0.5, 0.6) is 0 Å². The number of fused-ring (bicyclic) bond motifs is 1. The van der Waals surface area contributed by atoms with Crippen molar-refractivity contribution in [2.24, 2.45) is 17.3 Å². The monoisotopic (exact) mass is 250 g/mol. The first-order chi connectivity index (χ1) is 8.56. The molecular weight excluding hydrogens is 224 g/mol. The Labute approximate surface area is 111 Å². The molecular formula is C16H26O2. The second kappa shape index (κ2) is 5.46. The van der Waals surface area contributed by atoms with Gasteiger partial charge in [-0.25, -0.2) is 0 Å². The zero-order valence-electron chi connectivity index (χ0n) is 12.0. The summed E-state index contributed by atoms with van der Waals surface area (Å²) < 4.78 is 5.42. The summed E-state index contributed by atoms with van der Waals surface area (Å²) in [7, 11) is 0. The third-order valence-corrected chi connectivity index (χ3v) is 4.68. The fraction of sp³-hybridized carbons (Fsp3) is 0.812. The van der Waals surface area contributed by atoms with Gasteiger partial charge in [0.05, 0.1) is 5.92 Å². The number of allylic oxidation sites excluding steroid dienone is 2. The van der Waals surface area contributed by atoms with Gasteiger partial charge in [0.15, 0.2) is 0 Å². The fourth-order valence-electron chi connectivity index (χ4n) is 3.28. The molecule has 0 radical (unpaired) electrons. The lowest BCUT2D eigenvalue weighted by Gasteiger charge is -2.33. The van der Waals surface area contributed by atoms with Crippen LogP contribution in [0.4, 0.5) is 0 Å². The highest BCUT2D eigenvalue weighted by Crippen LogP contribution is 2.46. The Bertz CT molecular complexity index is 345. The molecule has 102 valence electrons. The predicted molar refractivity (Wildman–Crippen MR) is 72.9 cm³/mol. The van der Waals surface area contributed by atoms with Gasteiger partial charge in [0, 0.05) is 5.92 Å². The van der Waals surface area contributed by atoms with Gasteiger partial charge in [-0.15, -0.1) is 0 Å². The van der Waals surface area contributed by atoms with E-state index in [1.54, 1.807) is 0 Å². The molecule has 0 amide bonds. The molecule has 1 saturated heterocycles. The van der Waals surface area contributed by atoms with Crippen molar-refractivity contribution in [3.05, 3.63) is 11.8 Å². The number of hydrogen-bond donors (Lipinski definition) is 0. The molecule has 18 heavy (non-hydrogen) atoms. The van der Waals surface area contributed by atoms with Crippen molar-refractivity contribution in [3.8, 4) is 0 Å². The van der Waals surface area contributed by atoms with Gasteiger partial charge < -0.3 is 4.74 Å². The third kappa shape index (κ3) is 2.78. The van der Waals surface area contributed by atoms with Crippen molar-refractivity contribution in [1.82, 2.24) is 0 Å². The van der Waals surface area contributed by atoms with Crippen LogP contribution in [0.15, 0.2) is 11.8 Å². The SMILES string of the molecule is CCCCCCC1(C)C=C2OC(=O)C(C)C2CC1. The smallest absolute Gasteiger partial charge is 0.314 e. The van der Waals surface area contributed by atoms with Gasteiger partial charge in [0.25, 0.3) is 0 Å². The summed E-state index contributed by atoms with van der Waals surface area (Å²) in [6.45, 7) is 6.56. The first-order valence-corrected chi connectivity index (χ1v) is 7.50. The number of carbonyl (C=O) groups excluding carboxylic acids is 1. The van der Waals surface area contributed by atoms with Gasteiger partial charge in [-0.3, -0.25) is 4.79 Å². The Morgan fingerprint density at radius 2 is 2.17 bits per heavy atom. The van der Waals surface area contributed by atoms with E-state index in [1.807, 2.05) is 6.92 Å². The molecule has 0 spiro atoms. The van der Waals surface area contributed by atoms with Crippen molar-refractivity contribution in [2.75, 3.05) is 0 Å². The average molecular weight is 250 g/mol. The van der Waals surface area contributed by atoms with E-state index >= 15 is 0 Å². The molecule has 1 aliphatic heterocycles. The maximum atomic E-state index is 11.6. The van der Waals surface area contributed by atoms with Crippen molar-refractivity contribution < 1.29 is 9.53 Å². The van der Waals surface area contributed by atoms with Crippen molar-refractivity contribution in [1.29, 1.82) is 0 Å². The molecule has 0 aromatic carbocycles. The van der Waals surface area contributed by atoms with Crippen LogP contribution in [-0.4, -0.2) is 5.97 Å². The number of rotatable bonds is 5. The molecule has 0 aromatic heterocycles. The van der Waals surface area contributed by atoms with Crippen molar-refractivity contribution >= 4 is 5.97 Å². The van der Waals surface area contributed by atoms with Gasteiger partial charge in [-0.05, 0) is 30.8 Å². The van der Waals surface area contributed by atoms with Gasteiger partial charge in [-0.2, -0.15) is 0 Å². The molecule has 3 unspecified atom stereocenters. The normalized spacial score (nSPS) is 35.1. The van der Waals surface area contributed by atoms with Crippen LogP contribution >= 0.6 is 0 Å². The van der Waals surface area contributed by atoms with E-state index in [-0.39, 0.29) is 17.3 Å². The quantitative estimate of drug-likeness (QED) is 0.532. The van der Waals surface area contributed by atoms with E-state index in [0.717, 1.165) is 12.2 Å². The maximum Gasteiger partial charge on any atom is 0.314 e. The molecule has 1 aliphatic carbocycles. The molecule has 0 saturated carbocycles. The first-order valence-electron chi connectivity index (χ1n) is 7.50. The highest BCUT2D eigenvalue weighted by molar-refractivity contribution is 5.77. The van der Waals surface area contributed by atoms with Gasteiger partial charge in [-0.1, -0.05) is 46.5 Å². The summed E-state index contributed by atoms with van der Waals surface area (Å²) in [6, 6.07) is 0. The fourth-order valence-corrected chi connectivity index (χ4v) is 3.28. The molecule has 1 fully saturated rings. The number of esters is 1. The third-order valence-electron chi connectivity index (χ3n) is 4.68. The Kier molecular flexibility index (Phi) is 4.14. The highest BCUT2D eigenvalue weighted by atomic mass is 16.5. The Morgan fingerprint density at radius 1 is 1.39 bits per heavy atom. The van der Waals surface area contributed by atoms with E-state index in [9.17, 15) is 4.79 Å². The first kappa shape index (κ1) is 13.6. The predicted octanol–water partition coefficient (Wildman–Crippen LogP) is 4.45. The zero-order valence-corrected chi connectivity index (χ0v) is 12.0. The lowest BCUT2D eigenvalue weighted by atomic mass is 9.71. The molecule has 3 atom stereocenters. The lowest BCUT2D eigenvalue weighted by Crippen LogP contribution is -2.23. The van der Waals surface area contributed by atoms with Crippen molar-refractivity contribution in [2.45, 2.75) is 65.7 Å². The summed E-state index contributed by atoms with van der Waals surface area (Å²) >= 11 is 0. The van der Waals surface area contributed by atoms with Crippen LogP contribution in [0.2, 0.25) is 0 Å². The summed E-state index contributed by atoms with van der Waals surface area (Å²) in [5.41, 5.74) is 0.254. The van der Waals surface area contributed by atoms with Crippen LogP contribution in [0, 0.1) is 17.3 Å². The molecule has 0 bridgehead atoms. The molecule has 0 aromatic rings. The Morgan fingerprint density at radius 3 is 2.89 bits per heavy atom. The summed E-state index contributed by atoms with van der Waals surface area (Å²) in [5.74, 6) is 1.38. The molecule has 2 nitrogen and oxygen atoms in total. The lowest BCUT2D eigenvalue weighted by molar-refractivity contribution is -0.138. The van der Waals surface area contributed by atoms with E-state index in [0.29, 0.717) is 5.92 Å². The number of unbranched alkanes of at least 4 members (excludes halogenated alkanes) is 3. The number of ether oxygens (including phenoxy) is 1. The number of hydrogen-bond acceptors (Lipinski definition) is 2. The van der Waals surface area contributed by atoms with Gasteiger partial charge in [0.2, 0.25) is 0 Å². The van der Waals surface area contributed by atoms with E-state index < -0.39 is 0 Å². The standard InChI is InChI=1S/C16H26O2/c1-4-5-6-7-9-16(3)10-8-13-12(2)15(17)18-14(13)11-16/h11-13H,4-10H2,1-3H3. The van der Waals surface area contributed by atoms with Gasteiger partial charge >= 0.3 is 5.97 Å². The number of carbonyl (C=O) groups is 1. The average Bonchev–Trinajstić information content (AvgIpc) is 2.60. The van der Waals surface area contributed by atoms with E-state index in [2.05, 4.69) is 19.9 Å². The molecule has 0 N–H and O–H groups in total. The van der Waals surface area contributed by atoms with Crippen LogP contribution in [0.1, 0.15) is 65.7 Å². The largest absolute Gasteiger partial charge is 0.431 e. The minimum Gasteiger partial charge on any atom is -0.431 e. The second-order valence-corrected chi connectivity index (χ2v) is 6.37. The molecule has 1 heterocycles. The van der Waals surface area contributed by atoms with Crippen LogP contribution in [-0.2, 0) is 9.53 Å². The van der Waals surface area contributed by atoms with Crippen LogP contribution in [0.25, 0.3) is 0 Å². The highest BCUT2D eigenvalue weighted by Gasteiger charge is 2.42. The Hall–Kier alpha value is -0.790. The summed E-state index contributed by atoms with van der Waals surface area (Å²) in [6.07, 6.45) is 11.1. The van der Waals surface area contributed by atoms with Gasteiger partial charge in [0.1, 0.15) is 5.76 Å². The van der Waals surface area contributed by atoms with Crippen molar-refractivity contribution in [3.63, 3.8) is 0 Å². The topological polar surface area (TPSA) is 26.3 Å².